The third kappa shape index (κ3) is 5.15. The Morgan fingerprint density at radius 1 is 0.552 bits per heavy atom. The minimum Gasteiger partial charge on any atom is -0.366 e. The molecule has 159 valence electrons. The summed E-state index contributed by atoms with van der Waals surface area (Å²) >= 11 is 0. The van der Waals surface area contributed by atoms with E-state index >= 15 is 0 Å². The Kier molecular flexibility index (Phi) is 7.80. The van der Waals surface area contributed by atoms with Crippen molar-refractivity contribution in [1.82, 2.24) is 0 Å². The Balaban J connectivity index is 2.36. The van der Waals surface area contributed by atoms with E-state index in [1.807, 2.05) is 0 Å². The highest BCUT2D eigenvalue weighted by Gasteiger charge is 2.27. The SMILES string of the molecule is Cc1cccc(C)c1N(C(C)C)C(C)[CH]C(C)N(c1c(C)cccc1C)C(C)C. The minimum absolute atomic E-state index is 0.329. The van der Waals surface area contributed by atoms with Gasteiger partial charge in [0, 0.05) is 42.0 Å². The first kappa shape index (κ1) is 23.3. The first-order chi connectivity index (χ1) is 13.6. The molecule has 0 saturated heterocycles. The van der Waals surface area contributed by atoms with Gasteiger partial charge in [-0.25, -0.2) is 0 Å². The van der Waals surface area contributed by atoms with Crippen LogP contribution in [0.3, 0.4) is 0 Å². The van der Waals surface area contributed by atoms with E-state index in [2.05, 4.69) is 122 Å². The summed E-state index contributed by atoms with van der Waals surface area (Å²) in [6.07, 6.45) is 2.51. The molecule has 0 bridgehead atoms. The summed E-state index contributed by atoms with van der Waals surface area (Å²) < 4.78 is 0. The van der Waals surface area contributed by atoms with E-state index in [1.54, 1.807) is 0 Å². The third-order valence-corrected chi connectivity index (χ3v) is 5.94. The van der Waals surface area contributed by atoms with Crippen LogP contribution in [0.1, 0.15) is 63.8 Å². The van der Waals surface area contributed by atoms with Crippen molar-refractivity contribution in [3.63, 3.8) is 0 Å². The normalized spacial score (nSPS) is 13.7. The van der Waals surface area contributed by atoms with E-state index in [-0.39, 0.29) is 0 Å². The molecule has 0 fully saturated rings. The number of hydrogen-bond acceptors (Lipinski definition) is 2. The number of hydrogen-bond donors (Lipinski definition) is 0. The fourth-order valence-electron chi connectivity index (χ4n) is 4.88. The predicted octanol–water partition coefficient (Wildman–Crippen LogP) is 7.03. The highest BCUT2D eigenvalue weighted by molar-refractivity contribution is 5.62. The van der Waals surface area contributed by atoms with Crippen LogP contribution in [-0.2, 0) is 0 Å². The van der Waals surface area contributed by atoms with Crippen LogP contribution in [0.5, 0.6) is 0 Å². The van der Waals surface area contributed by atoms with Crippen molar-refractivity contribution in [2.45, 2.75) is 93.4 Å². The fourth-order valence-corrected chi connectivity index (χ4v) is 4.88. The molecular weight excluding hydrogens is 352 g/mol. The maximum absolute atomic E-state index is 2.57. The maximum Gasteiger partial charge on any atom is 0.0430 e. The zero-order valence-electron chi connectivity index (χ0n) is 20.2. The largest absolute Gasteiger partial charge is 0.366 e. The summed E-state index contributed by atoms with van der Waals surface area (Å²) in [6.45, 7) is 22.8. The van der Waals surface area contributed by atoms with Crippen LogP contribution in [0.25, 0.3) is 0 Å². The smallest absolute Gasteiger partial charge is 0.0430 e. The standard InChI is InChI=1S/C27H41N2/c1-18(2)28(26-20(5)13-11-14-21(26)6)24(9)17-25(10)29(19(3)4)27-22(7)15-12-16-23(27)8/h11-19,24-25H,1-10H3. The molecule has 29 heavy (non-hydrogen) atoms. The van der Waals surface area contributed by atoms with Crippen molar-refractivity contribution < 1.29 is 0 Å². The minimum atomic E-state index is 0.329. The van der Waals surface area contributed by atoms with Crippen LogP contribution < -0.4 is 9.80 Å². The Morgan fingerprint density at radius 3 is 1.07 bits per heavy atom. The van der Waals surface area contributed by atoms with E-state index in [0.717, 1.165) is 0 Å². The average Bonchev–Trinajstić information content (AvgIpc) is 2.60. The van der Waals surface area contributed by atoms with Gasteiger partial charge in [-0.05, 0) is 91.5 Å². The van der Waals surface area contributed by atoms with Gasteiger partial charge in [-0.2, -0.15) is 0 Å². The molecular formula is C27H41N2. The van der Waals surface area contributed by atoms with E-state index in [0.29, 0.717) is 24.2 Å². The first-order valence-corrected chi connectivity index (χ1v) is 11.1. The van der Waals surface area contributed by atoms with Gasteiger partial charge >= 0.3 is 0 Å². The van der Waals surface area contributed by atoms with Gasteiger partial charge in [0.1, 0.15) is 0 Å². The molecule has 0 aliphatic rings. The van der Waals surface area contributed by atoms with Crippen LogP contribution in [0.15, 0.2) is 36.4 Å². The van der Waals surface area contributed by atoms with Crippen molar-refractivity contribution in [3.8, 4) is 0 Å². The second-order valence-electron chi connectivity index (χ2n) is 9.16. The van der Waals surface area contributed by atoms with Crippen molar-refractivity contribution in [1.29, 1.82) is 0 Å². The lowest BCUT2D eigenvalue weighted by atomic mass is 9.98. The predicted molar refractivity (Wildman–Crippen MR) is 130 cm³/mol. The van der Waals surface area contributed by atoms with Crippen molar-refractivity contribution >= 4 is 11.4 Å². The molecule has 0 N–H and O–H groups in total. The summed E-state index contributed by atoms with van der Waals surface area (Å²) in [7, 11) is 0. The molecule has 0 amide bonds. The molecule has 2 nitrogen and oxygen atoms in total. The van der Waals surface area contributed by atoms with E-state index in [9.17, 15) is 0 Å². The number of aryl methyl sites for hydroxylation is 4. The summed E-state index contributed by atoms with van der Waals surface area (Å²) in [6, 6.07) is 14.7. The average molecular weight is 394 g/mol. The van der Waals surface area contributed by atoms with Crippen molar-refractivity contribution in [2.75, 3.05) is 9.80 Å². The van der Waals surface area contributed by atoms with Crippen molar-refractivity contribution in [3.05, 3.63) is 65.1 Å². The monoisotopic (exact) mass is 393 g/mol. The summed E-state index contributed by atoms with van der Waals surface area (Å²) in [4.78, 5) is 5.15. The Labute approximate surface area is 179 Å². The molecule has 2 aromatic rings. The molecule has 2 rings (SSSR count). The summed E-state index contributed by atoms with van der Waals surface area (Å²) in [5.74, 6) is 0. The first-order valence-electron chi connectivity index (χ1n) is 11.1. The molecule has 0 aliphatic carbocycles. The lowest BCUT2D eigenvalue weighted by Gasteiger charge is -2.42. The van der Waals surface area contributed by atoms with E-state index in [1.165, 1.54) is 33.6 Å². The second kappa shape index (κ2) is 9.69. The van der Waals surface area contributed by atoms with Crippen molar-refractivity contribution in [2.24, 2.45) is 0 Å². The number of rotatable bonds is 8. The van der Waals surface area contributed by atoms with Gasteiger partial charge in [-0.1, -0.05) is 36.4 Å². The molecule has 2 aromatic carbocycles. The molecule has 0 aromatic heterocycles. The molecule has 2 unspecified atom stereocenters. The third-order valence-electron chi connectivity index (χ3n) is 5.94. The molecule has 2 heteroatoms. The molecule has 0 aliphatic heterocycles. The Hall–Kier alpha value is -1.96. The Bertz CT molecular complexity index is 698. The van der Waals surface area contributed by atoms with Crippen LogP contribution in [0, 0.1) is 34.1 Å². The zero-order chi connectivity index (χ0) is 21.9. The topological polar surface area (TPSA) is 6.48 Å². The quantitative estimate of drug-likeness (QED) is 0.475. The van der Waals surface area contributed by atoms with Gasteiger partial charge in [0.15, 0.2) is 0 Å². The molecule has 1 radical (unpaired) electrons. The zero-order valence-corrected chi connectivity index (χ0v) is 20.2. The number of benzene rings is 2. The summed E-state index contributed by atoms with van der Waals surface area (Å²) in [5.41, 5.74) is 8.15. The number of nitrogens with zero attached hydrogens (tertiary/aromatic N) is 2. The lowest BCUT2D eigenvalue weighted by molar-refractivity contribution is 0.547. The molecule has 0 spiro atoms. The second-order valence-corrected chi connectivity index (χ2v) is 9.16. The molecule has 0 heterocycles. The maximum atomic E-state index is 2.57. The van der Waals surface area contributed by atoms with Crippen LogP contribution in [0.2, 0.25) is 0 Å². The summed E-state index contributed by atoms with van der Waals surface area (Å²) in [5, 5.41) is 0. The van der Waals surface area contributed by atoms with Crippen LogP contribution in [0.4, 0.5) is 11.4 Å². The molecule has 2 atom stereocenters. The highest BCUT2D eigenvalue weighted by atomic mass is 15.2. The van der Waals surface area contributed by atoms with Gasteiger partial charge in [-0.15, -0.1) is 0 Å². The van der Waals surface area contributed by atoms with Gasteiger partial charge in [0.2, 0.25) is 0 Å². The van der Waals surface area contributed by atoms with Gasteiger partial charge in [-0.3, -0.25) is 0 Å². The van der Waals surface area contributed by atoms with E-state index in [4.69, 9.17) is 0 Å². The molecule has 0 saturated carbocycles. The van der Waals surface area contributed by atoms with Crippen LogP contribution in [-0.4, -0.2) is 24.2 Å². The van der Waals surface area contributed by atoms with Gasteiger partial charge < -0.3 is 9.80 Å². The number of anilines is 2. The lowest BCUT2D eigenvalue weighted by Crippen LogP contribution is -2.47. The van der Waals surface area contributed by atoms with Gasteiger partial charge in [0.25, 0.3) is 0 Å². The fraction of sp³-hybridized carbons (Fsp3) is 0.519. The van der Waals surface area contributed by atoms with Gasteiger partial charge in [0.05, 0.1) is 0 Å². The highest BCUT2D eigenvalue weighted by Crippen LogP contribution is 2.32. The number of para-hydroxylation sites is 2. The van der Waals surface area contributed by atoms with E-state index < -0.39 is 0 Å². The van der Waals surface area contributed by atoms with Crippen LogP contribution >= 0.6 is 0 Å². The Morgan fingerprint density at radius 2 is 0.828 bits per heavy atom.